The molecular weight excluding hydrogens is 218 g/mol. The third-order valence-electron chi connectivity index (χ3n) is 3.97. The summed E-state index contributed by atoms with van der Waals surface area (Å²) in [6, 6.07) is 0. The topological polar surface area (TPSA) is 52.9 Å². The minimum Gasteiger partial charge on any atom is -0.394 e. The first kappa shape index (κ1) is 13.3. The summed E-state index contributed by atoms with van der Waals surface area (Å²) < 4.78 is 5.63. The van der Waals surface area contributed by atoms with Crippen LogP contribution in [-0.2, 0) is 4.74 Å². The molecule has 1 heterocycles. The van der Waals surface area contributed by atoms with Crippen molar-refractivity contribution in [2.45, 2.75) is 50.9 Å². The summed E-state index contributed by atoms with van der Waals surface area (Å²) >= 11 is 0. The van der Waals surface area contributed by atoms with Crippen LogP contribution in [0.2, 0.25) is 0 Å². The molecule has 2 rings (SSSR count). The quantitative estimate of drug-likeness (QED) is 0.763. The Labute approximate surface area is 104 Å². The molecule has 0 aromatic rings. The van der Waals surface area contributed by atoms with E-state index in [1.54, 1.807) is 0 Å². The van der Waals surface area contributed by atoms with E-state index >= 15 is 0 Å². The van der Waals surface area contributed by atoms with Crippen molar-refractivity contribution in [2.75, 3.05) is 26.2 Å². The summed E-state index contributed by atoms with van der Waals surface area (Å²) in [7, 11) is 0. The van der Waals surface area contributed by atoms with Crippen LogP contribution in [0, 0.1) is 5.92 Å². The van der Waals surface area contributed by atoms with Gasteiger partial charge in [-0.05, 0) is 25.7 Å². The summed E-state index contributed by atoms with van der Waals surface area (Å²) in [5, 5.41) is 19.2. The highest BCUT2D eigenvalue weighted by Gasteiger charge is 2.29. The van der Waals surface area contributed by atoms with E-state index in [9.17, 15) is 10.2 Å². The zero-order valence-electron chi connectivity index (χ0n) is 10.7. The van der Waals surface area contributed by atoms with Gasteiger partial charge in [-0.25, -0.2) is 0 Å². The van der Waals surface area contributed by atoms with Gasteiger partial charge in [0.05, 0.1) is 24.9 Å². The van der Waals surface area contributed by atoms with Gasteiger partial charge < -0.3 is 14.9 Å². The molecule has 4 atom stereocenters. The smallest absolute Gasteiger partial charge is 0.0936 e. The fourth-order valence-electron chi connectivity index (χ4n) is 3.12. The molecule has 1 saturated carbocycles. The SMILES string of the molecule is CC1CN(CC2CCCCC2O)CC(CO)O1. The molecule has 2 fully saturated rings. The number of aliphatic hydroxyl groups is 2. The number of morpholine rings is 1. The monoisotopic (exact) mass is 243 g/mol. The van der Waals surface area contributed by atoms with E-state index in [4.69, 9.17) is 4.74 Å². The van der Waals surface area contributed by atoms with Crippen molar-refractivity contribution in [2.24, 2.45) is 5.92 Å². The van der Waals surface area contributed by atoms with E-state index in [1.165, 1.54) is 6.42 Å². The number of hydrogen-bond acceptors (Lipinski definition) is 4. The second kappa shape index (κ2) is 6.14. The summed E-state index contributed by atoms with van der Waals surface area (Å²) in [6.45, 7) is 4.80. The molecule has 4 nitrogen and oxygen atoms in total. The molecule has 2 N–H and O–H groups in total. The summed E-state index contributed by atoms with van der Waals surface area (Å²) in [6.07, 6.45) is 4.49. The Kier molecular flexibility index (Phi) is 4.79. The third-order valence-corrected chi connectivity index (χ3v) is 3.97. The van der Waals surface area contributed by atoms with Crippen molar-refractivity contribution in [3.05, 3.63) is 0 Å². The predicted molar refractivity (Wildman–Crippen MR) is 65.8 cm³/mol. The number of nitrogens with zero attached hydrogens (tertiary/aromatic N) is 1. The van der Waals surface area contributed by atoms with Gasteiger partial charge in [-0.2, -0.15) is 0 Å². The molecule has 0 amide bonds. The maximum atomic E-state index is 9.98. The van der Waals surface area contributed by atoms with Crippen LogP contribution >= 0.6 is 0 Å². The minimum absolute atomic E-state index is 0.0560. The zero-order valence-corrected chi connectivity index (χ0v) is 10.7. The number of ether oxygens (including phenoxy) is 1. The van der Waals surface area contributed by atoms with E-state index in [1.807, 2.05) is 6.92 Å². The molecular formula is C13H25NO3. The molecule has 1 saturated heterocycles. The molecule has 0 radical (unpaired) electrons. The molecule has 0 spiro atoms. The van der Waals surface area contributed by atoms with Crippen molar-refractivity contribution >= 4 is 0 Å². The molecule has 1 aliphatic carbocycles. The first-order valence-corrected chi connectivity index (χ1v) is 6.85. The summed E-state index contributed by atoms with van der Waals surface area (Å²) in [5.74, 6) is 0.411. The Hall–Kier alpha value is -0.160. The summed E-state index contributed by atoms with van der Waals surface area (Å²) in [5.41, 5.74) is 0. The molecule has 100 valence electrons. The Morgan fingerprint density at radius 2 is 2.00 bits per heavy atom. The first-order valence-electron chi connectivity index (χ1n) is 6.85. The van der Waals surface area contributed by atoms with Gasteiger partial charge in [-0.15, -0.1) is 0 Å². The Balaban J connectivity index is 1.84. The van der Waals surface area contributed by atoms with Crippen LogP contribution < -0.4 is 0 Å². The lowest BCUT2D eigenvalue weighted by atomic mass is 9.86. The second-order valence-corrected chi connectivity index (χ2v) is 5.58. The van der Waals surface area contributed by atoms with Crippen molar-refractivity contribution in [3.8, 4) is 0 Å². The van der Waals surface area contributed by atoms with Gasteiger partial charge in [0.15, 0.2) is 0 Å². The van der Waals surface area contributed by atoms with Gasteiger partial charge in [-0.1, -0.05) is 12.8 Å². The molecule has 1 aliphatic heterocycles. The molecule has 0 aromatic carbocycles. The Bertz CT molecular complexity index is 237. The maximum absolute atomic E-state index is 9.98. The molecule has 4 unspecified atom stereocenters. The number of hydrogen-bond donors (Lipinski definition) is 2. The zero-order chi connectivity index (χ0) is 12.3. The number of aliphatic hydroxyl groups excluding tert-OH is 2. The Morgan fingerprint density at radius 3 is 2.71 bits per heavy atom. The lowest BCUT2D eigenvalue weighted by Gasteiger charge is -2.39. The van der Waals surface area contributed by atoms with E-state index in [0.717, 1.165) is 38.9 Å². The van der Waals surface area contributed by atoms with E-state index in [0.29, 0.717) is 5.92 Å². The van der Waals surface area contributed by atoms with Crippen molar-refractivity contribution < 1.29 is 14.9 Å². The lowest BCUT2D eigenvalue weighted by Crippen LogP contribution is -2.50. The van der Waals surface area contributed by atoms with Crippen LogP contribution in [0.3, 0.4) is 0 Å². The highest BCUT2D eigenvalue weighted by atomic mass is 16.5. The van der Waals surface area contributed by atoms with Crippen LogP contribution in [0.1, 0.15) is 32.6 Å². The van der Waals surface area contributed by atoms with Gasteiger partial charge in [0.2, 0.25) is 0 Å². The van der Waals surface area contributed by atoms with Crippen LogP contribution in [0.25, 0.3) is 0 Å². The van der Waals surface area contributed by atoms with Crippen molar-refractivity contribution in [3.63, 3.8) is 0 Å². The van der Waals surface area contributed by atoms with Crippen molar-refractivity contribution in [1.82, 2.24) is 4.90 Å². The number of rotatable bonds is 3. The van der Waals surface area contributed by atoms with Gasteiger partial charge in [0.1, 0.15) is 0 Å². The third kappa shape index (κ3) is 3.65. The minimum atomic E-state index is -0.130. The van der Waals surface area contributed by atoms with Crippen LogP contribution in [0.4, 0.5) is 0 Å². The van der Waals surface area contributed by atoms with Crippen LogP contribution in [-0.4, -0.2) is 59.7 Å². The Morgan fingerprint density at radius 1 is 1.24 bits per heavy atom. The first-order chi connectivity index (χ1) is 8.19. The van der Waals surface area contributed by atoms with Crippen LogP contribution in [0.5, 0.6) is 0 Å². The average molecular weight is 243 g/mol. The fraction of sp³-hybridized carbons (Fsp3) is 1.00. The van der Waals surface area contributed by atoms with E-state index < -0.39 is 0 Å². The van der Waals surface area contributed by atoms with E-state index in [2.05, 4.69) is 4.90 Å². The molecule has 17 heavy (non-hydrogen) atoms. The van der Waals surface area contributed by atoms with Gasteiger partial charge in [0, 0.05) is 19.6 Å². The van der Waals surface area contributed by atoms with Crippen molar-refractivity contribution in [1.29, 1.82) is 0 Å². The maximum Gasteiger partial charge on any atom is 0.0936 e. The normalized spacial score (nSPS) is 40.4. The highest BCUT2D eigenvalue weighted by Crippen LogP contribution is 2.26. The molecule has 2 aliphatic rings. The fourth-order valence-corrected chi connectivity index (χ4v) is 3.12. The molecule has 0 bridgehead atoms. The standard InChI is InChI=1S/C13H25NO3/c1-10-6-14(8-12(9-15)17-10)7-11-4-2-3-5-13(11)16/h10-13,15-16H,2-9H2,1H3. The van der Waals surface area contributed by atoms with Gasteiger partial charge in [-0.3, -0.25) is 4.90 Å². The largest absolute Gasteiger partial charge is 0.394 e. The second-order valence-electron chi connectivity index (χ2n) is 5.58. The van der Waals surface area contributed by atoms with E-state index in [-0.39, 0.29) is 24.9 Å². The average Bonchev–Trinajstić information content (AvgIpc) is 2.31. The van der Waals surface area contributed by atoms with Gasteiger partial charge >= 0.3 is 0 Å². The summed E-state index contributed by atoms with van der Waals surface area (Å²) in [4.78, 5) is 2.34. The van der Waals surface area contributed by atoms with Crippen LogP contribution in [0.15, 0.2) is 0 Å². The van der Waals surface area contributed by atoms with Gasteiger partial charge in [0.25, 0.3) is 0 Å². The molecule has 4 heteroatoms. The molecule has 0 aromatic heterocycles. The highest BCUT2D eigenvalue weighted by molar-refractivity contribution is 4.81. The lowest BCUT2D eigenvalue weighted by molar-refractivity contribution is -0.103. The predicted octanol–water partition coefficient (Wildman–Crippen LogP) is 0.619.